The lowest BCUT2D eigenvalue weighted by molar-refractivity contribution is -0.308. The van der Waals surface area contributed by atoms with Crippen LogP contribution in [0.5, 0.6) is 0 Å². The van der Waals surface area contributed by atoms with Crippen LogP contribution in [0.3, 0.4) is 0 Å². The average Bonchev–Trinajstić information content (AvgIpc) is 1.65. The second-order valence-electron chi connectivity index (χ2n) is 0.652. The van der Waals surface area contributed by atoms with Crippen LogP contribution < -0.4 is 5.11 Å². The fraction of sp³-hybridized carbons (Fsp3) is 0. The summed E-state index contributed by atoms with van der Waals surface area (Å²) < 4.78 is 10.4. The summed E-state index contributed by atoms with van der Waals surface area (Å²) in [5.74, 6) is -4.21. The largest absolute Gasteiger partial charge is 0.539 e. The predicted molar refractivity (Wildman–Crippen MR) is 12.2 cm³/mol. The molecule has 0 aromatic rings. The topological polar surface area (TPSA) is 66.4 Å². The van der Waals surface area contributed by atoms with E-state index in [1.54, 1.807) is 0 Å². The van der Waals surface area contributed by atoms with E-state index in [-0.39, 0.29) is 0 Å². The minimum atomic E-state index is -2.19. The molecule has 0 aromatic heterocycles. The zero-order valence-electron chi connectivity index (χ0n) is 3.01. The first kappa shape index (κ1) is 5.87. The molecule has 0 radical (unpaired) electrons. The second kappa shape index (κ2) is 2.12. The van der Waals surface area contributed by atoms with Gasteiger partial charge in [-0.05, 0) is 0 Å². The van der Waals surface area contributed by atoms with Crippen LogP contribution in [-0.4, -0.2) is 11.9 Å². The van der Waals surface area contributed by atoms with E-state index in [9.17, 15) is 9.32 Å². The zero-order valence-corrected chi connectivity index (χ0v) is 3.01. The molecule has 0 aromatic carbocycles. The van der Waals surface area contributed by atoms with E-state index in [0.29, 0.717) is 0 Å². The van der Waals surface area contributed by atoms with E-state index >= 15 is 0 Å². The van der Waals surface area contributed by atoms with Gasteiger partial charge >= 0.3 is 5.97 Å². The molecule has 7 heavy (non-hydrogen) atoms. The first-order valence-corrected chi connectivity index (χ1v) is 1.22. The molecule has 0 aliphatic heterocycles. The maximum absolute atomic E-state index is 10.4. The molecular formula is C2FO4-. The monoisotopic (exact) mass is 107 g/mol. The van der Waals surface area contributed by atoms with Crippen LogP contribution in [0.25, 0.3) is 0 Å². The van der Waals surface area contributed by atoms with Crippen LogP contribution in [0.4, 0.5) is 4.53 Å². The van der Waals surface area contributed by atoms with Crippen molar-refractivity contribution in [3.63, 3.8) is 0 Å². The smallest absolute Gasteiger partial charge is 0.394 e. The summed E-state index contributed by atoms with van der Waals surface area (Å²) in [6.45, 7) is 0. The average molecular weight is 107 g/mol. The van der Waals surface area contributed by atoms with Crippen molar-refractivity contribution in [3.8, 4) is 0 Å². The van der Waals surface area contributed by atoms with E-state index in [2.05, 4.69) is 4.94 Å². The van der Waals surface area contributed by atoms with Crippen LogP contribution in [0.15, 0.2) is 0 Å². The third-order valence-corrected chi connectivity index (χ3v) is 0.237. The Kier molecular flexibility index (Phi) is 1.78. The number of carbonyl (C=O) groups excluding carboxylic acids is 2. The van der Waals surface area contributed by atoms with Gasteiger partial charge in [-0.2, -0.15) is 0 Å². The second-order valence-corrected chi connectivity index (χ2v) is 0.652. The lowest BCUT2D eigenvalue weighted by atomic mass is 10.7. The Morgan fingerprint density at radius 2 is 2.00 bits per heavy atom. The molecule has 0 spiro atoms. The van der Waals surface area contributed by atoms with E-state index in [1.165, 1.54) is 0 Å². The molecule has 40 valence electrons. The number of carboxylic acid groups (broad SMARTS) is 1. The van der Waals surface area contributed by atoms with Gasteiger partial charge in [0.15, 0.2) is 5.97 Å². The maximum atomic E-state index is 10.4. The Morgan fingerprint density at radius 3 is 2.00 bits per heavy atom. The van der Waals surface area contributed by atoms with E-state index in [1.807, 2.05) is 0 Å². The molecule has 0 fully saturated rings. The third kappa shape index (κ3) is 1.69. The van der Waals surface area contributed by atoms with Crippen molar-refractivity contribution < 1.29 is 24.2 Å². The van der Waals surface area contributed by atoms with Crippen LogP contribution in [0.1, 0.15) is 0 Å². The summed E-state index contributed by atoms with van der Waals surface area (Å²) >= 11 is 0. The Hall–Kier alpha value is -1.13. The summed E-state index contributed by atoms with van der Waals surface area (Å²) in [5, 5.41) is 9.10. The van der Waals surface area contributed by atoms with Gasteiger partial charge in [0.05, 0.1) is 0 Å². The lowest BCUT2D eigenvalue weighted by Crippen LogP contribution is -2.31. The minimum absolute atomic E-state index is 2.01. The van der Waals surface area contributed by atoms with Gasteiger partial charge in [-0.15, -0.1) is 0 Å². The molecule has 0 bridgehead atoms. The molecule has 0 rings (SSSR count). The van der Waals surface area contributed by atoms with E-state index in [0.717, 1.165) is 0 Å². The van der Waals surface area contributed by atoms with Crippen molar-refractivity contribution >= 4 is 11.9 Å². The van der Waals surface area contributed by atoms with Gasteiger partial charge in [-0.25, -0.2) is 9.74 Å². The molecule has 0 N–H and O–H groups in total. The highest BCUT2D eigenvalue weighted by Crippen LogP contribution is 1.71. The molecule has 0 aliphatic carbocycles. The summed E-state index contributed by atoms with van der Waals surface area (Å²) in [5.41, 5.74) is 0. The fourth-order valence-corrected chi connectivity index (χ4v) is 0.0315. The van der Waals surface area contributed by atoms with Crippen molar-refractivity contribution in [2.45, 2.75) is 0 Å². The molecule has 5 heteroatoms. The number of carboxylic acids is 1. The molecule has 0 atom stereocenters. The predicted octanol–water partition coefficient (Wildman–Crippen LogP) is -1.84. The van der Waals surface area contributed by atoms with Crippen molar-refractivity contribution in [2.24, 2.45) is 0 Å². The SMILES string of the molecule is O=C([O-])C(=O)OF. The summed E-state index contributed by atoms with van der Waals surface area (Å²) in [4.78, 5) is 20.6. The van der Waals surface area contributed by atoms with Crippen LogP contribution in [0, 0.1) is 0 Å². The number of hydrogen-bond acceptors (Lipinski definition) is 4. The van der Waals surface area contributed by atoms with Gasteiger partial charge < -0.3 is 9.90 Å². The van der Waals surface area contributed by atoms with Crippen molar-refractivity contribution in [1.82, 2.24) is 0 Å². The first-order valence-electron chi connectivity index (χ1n) is 1.22. The van der Waals surface area contributed by atoms with Gasteiger partial charge in [-0.3, -0.25) is 0 Å². The van der Waals surface area contributed by atoms with Crippen molar-refractivity contribution in [3.05, 3.63) is 0 Å². The first-order chi connectivity index (χ1) is 3.18. The lowest BCUT2D eigenvalue weighted by Gasteiger charge is -1.88. The number of aliphatic carboxylic acids is 1. The molecule has 0 amide bonds. The molecule has 0 saturated heterocycles. The highest BCUT2D eigenvalue weighted by Gasteiger charge is 2.00. The standard InChI is InChI=1S/C2HFO4/c3-7-2(6)1(4)5/h(H,4,5)/p-1. The van der Waals surface area contributed by atoms with Gasteiger partial charge in [0, 0.05) is 4.53 Å². The Labute approximate surface area is 37.4 Å². The van der Waals surface area contributed by atoms with Crippen molar-refractivity contribution in [2.75, 3.05) is 0 Å². The molecule has 0 saturated carbocycles. The third-order valence-electron chi connectivity index (χ3n) is 0.237. The summed E-state index contributed by atoms with van der Waals surface area (Å²) in [6, 6.07) is 0. The fourth-order valence-electron chi connectivity index (χ4n) is 0.0315. The van der Waals surface area contributed by atoms with Gasteiger partial charge in [0.25, 0.3) is 0 Å². The van der Waals surface area contributed by atoms with E-state index in [4.69, 9.17) is 9.90 Å². The Balaban J connectivity index is 3.58. The highest BCUT2D eigenvalue weighted by molar-refractivity contribution is 6.27. The Bertz CT molecular complexity index is 97.9. The van der Waals surface area contributed by atoms with Crippen LogP contribution in [-0.2, 0) is 14.5 Å². The normalized spacial score (nSPS) is 7.57. The van der Waals surface area contributed by atoms with Crippen LogP contribution in [0.2, 0.25) is 0 Å². The Morgan fingerprint density at radius 1 is 1.57 bits per heavy atom. The molecular weight excluding hydrogens is 107 g/mol. The summed E-state index contributed by atoms with van der Waals surface area (Å²) in [7, 11) is 0. The quantitative estimate of drug-likeness (QED) is 0.341. The number of halogens is 1. The number of carbonyl (C=O) groups is 2. The molecule has 0 heterocycles. The molecule has 4 nitrogen and oxygen atoms in total. The minimum Gasteiger partial charge on any atom is -0.539 e. The number of rotatable bonds is 0. The van der Waals surface area contributed by atoms with Crippen LogP contribution >= 0.6 is 0 Å². The van der Waals surface area contributed by atoms with Gasteiger partial charge in [0.1, 0.15) is 0 Å². The highest BCUT2D eigenvalue weighted by atomic mass is 19.3. The summed E-state index contributed by atoms with van der Waals surface area (Å²) in [6.07, 6.45) is 0. The zero-order chi connectivity index (χ0) is 5.86. The van der Waals surface area contributed by atoms with Crippen molar-refractivity contribution in [1.29, 1.82) is 0 Å². The number of hydrogen-bond donors (Lipinski definition) is 0. The van der Waals surface area contributed by atoms with E-state index < -0.39 is 11.9 Å². The molecule has 0 aliphatic rings. The maximum Gasteiger partial charge on any atom is 0.394 e. The van der Waals surface area contributed by atoms with Gasteiger partial charge in [0.2, 0.25) is 0 Å². The molecule has 0 unspecified atom stereocenters. The van der Waals surface area contributed by atoms with Gasteiger partial charge in [-0.1, -0.05) is 0 Å².